The fraction of sp³-hybridized carbons (Fsp3) is 0.483. The highest BCUT2D eigenvalue weighted by molar-refractivity contribution is 5.70. The van der Waals surface area contributed by atoms with Gasteiger partial charge in [0.1, 0.15) is 0 Å². The molecule has 3 heterocycles. The van der Waals surface area contributed by atoms with E-state index in [1.807, 2.05) is 29.0 Å². The summed E-state index contributed by atoms with van der Waals surface area (Å²) in [6.07, 6.45) is 9.38. The second-order valence-electron chi connectivity index (χ2n) is 10.7. The van der Waals surface area contributed by atoms with E-state index < -0.39 is 0 Å². The molecule has 8 nitrogen and oxygen atoms in total. The molecule has 37 heavy (non-hydrogen) atoms. The zero-order chi connectivity index (χ0) is 25.9. The van der Waals surface area contributed by atoms with Crippen LogP contribution in [0.3, 0.4) is 0 Å². The fourth-order valence-corrected chi connectivity index (χ4v) is 5.81. The highest BCUT2D eigenvalue weighted by Crippen LogP contribution is 2.49. The SMILES string of the molecule is CCCCc1cn(C2C(CC)CC2C(C)C)c(=O)n1Cc1cc(-c2cccc(-c3nnn[nH]3)c2)ccn1. The van der Waals surface area contributed by atoms with Gasteiger partial charge in [0, 0.05) is 29.7 Å². The van der Waals surface area contributed by atoms with Crippen LogP contribution < -0.4 is 5.69 Å². The minimum atomic E-state index is 0.104. The second kappa shape index (κ2) is 10.8. The summed E-state index contributed by atoms with van der Waals surface area (Å²) in [5.74, 6) is 2.34. The lowest BCUT2D eigenvalue weighted by Gasteiger charge is -2.47. The largest absolute Gasteiger partial charge is 0.328 e. The Kier molecular flexibility index (Phi) is 7.35. The van der Waals surface area contributed by atoms with Gasteiger partial charge in [-0.25, -0.2) is 9.89 Å². The molecule has 0 bridgehead atoms. The summed E-state index contributed by atoms with van der Waals surface area (Å²) in [6, 6.07) is 12.5. The Morgan fingerprint density at radius 3 is 2.65 bits per heavy atom. The molecule has 0 spiro atoms. The van der Waals surface area contributed by atoms with Crippen molar-refractivity contribution in [2.45, 2.75) is 72.4 Å². The van der Waals surface area contributed by atoms with E-state index in [1.165, 1.54) is 6.42 Å². The molecule has 1 aromatic carbocycles. The summed E-state index contributed by atoms with van der Waals surface area (Å²) in [5, 5.41) is 14.2. The lowest BCUT2D eigenvalue weighted by atomic mass is 9.64. The molecule has 3 atom stereocenters. The van der Waals surface area contributed by atoms with E-state index >= 15 is 0 Å². The summed E-state index contributed by atoms with van der Waals surface area (Å²) in [7, 11) is 0. The van der Waals surface area contributed by atoms with Gasteiger partial charge in [0.25, 0.3) is 0 Å². The Bertz CT molecular complexity index is 1390. The molecule has 3 aromatic heterocycles. The summed E-state index contributed by atoms with van der Waals surface area (Å²) < 4.78 is 4.02. The predicted molar refractivity (Wildman–Crippen MR) is 145 cm³/mol. The Labute approximate surface area is 218 Å². The molecule has 3 unspecified atom stereocenters. The van der Waals surface area contributed by atoms with E-state index in [0.29, 0.717) is 36.2 Å². The number of nitrogens with one attached hydrogen (secondary N) is 1. The van der Waals surface area contributed by atoms with Gasteiger partial charge < -0.3 is 0 Å². The first kappa shape index (κ1) is 25.1. The monoisotopic (exact) mass is 499 g/mol. The van der Waals surface area contributed by atoms with Crippen molar-refractivity contribution in [1.29, 1.82) is 0 Å². The molecular formula is C29H37N7O. The van der Waals surface area contributed by atoms with Crippen LogP contribution in [0.2, 0.25) is 0 Å². The summed E-state index contributed by atoms with van der Waals surface area (Å²) in [5.41, 5.74) is 5.11. The third kappa shape index (κ3) is 5.02. The number of aryl methyl sites for hydroxylation is 1. The fourth-order valence-electron chi connectivity index (χ4n) is 5.81. The first-order valence-electron chi connectivity index (χ1n) is 13.6. The molecule has 0 radical (unpaired) electrons. The van der Waals surface area contributed by atoms with E-state index in [4.69, 9.17) is 0 Å². The van der Waals surface area contributed by atoms with Crippen LogP contribution in [0, 0.1) is 17.8 Å². The topological polar surface area (TPSA) is 94.3 Å². The van der Waals surface area contributed by atoms with Crippen LogP contribution in [0.4, 0.5) is 0 Å². The van der Waals surface area contributed by atoms with E-state index in [-0.39, 0.29) is 5.69 Å². The lowest BCUT2D eigenvalue weighted by Crippen LogP contribution is -2.45. The first-order chi connectivity index (χ1) is 18.0. The number of tetrazole rings is 1. The molecule has 5 rings (SSSR count). The van der Waals surface area contributed by atoms with Crippen molar-refractivity contribution in [1.82, 2.24) is 34.7 Å². The van der Waals surface area contributed by atoms with Crippen molar-refractivity contribution in [2.24, 2.45) is 17.8 Å². The third-order valence-electron chi connectivity index (χ3n) is 8.02. The maximum Gasteiger partial charge on any atom is 0.328 e. The van der Waals surface area contributed by atoms with Gasteiger partial charge in [0.15, 0.2) is 5.82 Å². The second-order valence-corrected chi connectivity index (χ2v) is 10.7. The Morgan fingerprint density at radius 1 is 1.11 bits per heavy atom. The molecule has 0 aliphatic heterocycles. The van der Waals surface area contributed by atoms with Crippen molar-refractivity contribution in [3.8, 4) is 22.5 Å². The predicted octanol–water partition coefficient (Wildman–Crippen LogP) is 5.53. The molecule has 1 aliphatic rings. The van der Waals surface area contributed by atoms with E-state index in [0.717, 1.165) is 53.8 Å². The zero-order valence-electron chi connectivity index (χ0n) is 22.3. The van der Waals surface area contributed by atoms with Crippen molar-refractivity contribution in [3.05, 3.63) is 70.7 Å². The van der Waals surface area contributed by atoms with Gasteiger partial charge in [-0.1, -0.05) is 58.7 Å². The molecule has 0 saturated heterocycles. The number of unbranched alkanes of at least 4 members (excludes halogenated alkanes) is 1. The molecule has 194 valence electrons. The minimum Gasteiger partial charge on any atom is -0.295 e. The van der Waals surface area contributed by atoms with Crippen LogP contribution in [0.5, 0.6) is 0 Å². The number of rotatable bonds is 10. The van der Waals surface area contributed by atoms with Gasteiger partial charge in [0.05, 0.1) is 12.2 Å². The van der Waals surface area contributed by atoms with E-state index in [2.05, 4.69) is 82.3 Å². The van der Waals surface area contributed by atoms with Crippen LogP contribution in [0.1, 0.15) is 70.8 Å². The van der Waals surface area contributed by atoms with Crippen LogP contribution in [0.25, 0.3) is 22.5 Å². The van der Waals surface area contributed by atoms with Crippen LogP contribution in [0.15, 0.2) is 53.6 Å². The molecular weight excluding hydrogens is 462 g/mol. The first-order valence-corrected chi connectivity index (χ1v) is 13.6. The maximum absolute atomic E-state index is 13.8. The Balaban J connectivity index is 1.47. The quantitative estimate of drug-likeness (QED) is 0.310. The summed E-state index contributed by atoms with van der Waals surface area (Å²) >= 11 is 0. The third-order valence-corrected chi connectivity index (χ3v) is 8.02. The minimum absolute atomic E-state index is 0.104. The standard InChI is InChI=1S/C29H37N7O/c1-5-7-11-25-18-36(27-20(6-2)16-26(27)19(3)4)29(37)35(25)17-24-15-22(12-13-30-24)21-9-8-10-23(14-21)28-31-33-34-32-28/h8-10,12-15,18-20,26-27H,5-7,11,16-17H2,1-4H3,(H,31,32,33,34). The van der Waals surface area contributed by atoms with Crippen LogP contribution in [-0.2, 0) is 13.0 Å². The Morgan fingerprint density at radius 2 is 1.92 bits per heavy atom. The number of benzene rings is 1. The average molecular weight is 500 g/mol. The number of hydrogen-bond acceptors (Lipinski definition) is 5. The molecule has 1 saturated carbocycles. The average Bonchev–Trinajstić information content (AvgIpc) is 3.52. The van der Waals surface area contributed by atoms with E-state index in [9.17, 15) is 4.79 Å². The number of aromatic amines is 1. The number of aromatic nitrogens is 7. The number of imidazole rings is 1. The van der Waals surface area contributed by atoms with Gasteiger partial charge in [0.2, 0.25) is 0 Å². The zero-order valence-corrected chi connectivity index (χ0v) is 22.3. The van der Waals surface area contributed by atoms with Crippen molar-refractivity contribution in [2.75, 3.05) is 0 Å². The molecule has 8 heteroatoms. The number of pyridine rings is 1. The van der Waals surface area contributed by atoms with Crippen molar-refractivity contribution < 1.29 is 0 Å². The summed E-state index contributed by atoms with van der Waals surface area (Å²) in [6.45, 7) is 9.49. The maximum atomic E-state index is 13.8. The van der Waals surface area contributed by atoms with Gasteiger partial charge >= 0.3 is 5.69 Å². The van der Waals surface area contributed by atoms with Gasteiger partial charge in [-0.05, 0) is 76.8 Å². The Hall–Kier alpha value is -3.55. The van der Waals surface area contributed by atoms with Crippen LogP contribution in [-0.4, -0.2) is 34.7 Å². The smallest absolute Gasteiger partial charge is 0.295 e. The van der Waals surface area contributed by atoms with Crippen LogP contribution >= 0.6 is 0 Å². The van der Waals surface area contributed by atoms with Gasteiger partial charge in [-0.2, -0.15) is 0 Å². The highest BCUT2D eigenvalue weighted by Gasteiger charge is 2.43. The lowest BCUT2D eigenvalue weighted by molar-refractivity contribution is 0.0391. The molecule has 1 fully saturated rings. The molecule has 1 aliphatic carbocycles. The normalized spacial score (nSPS) is 19.3. The number of nitrogens with zero attached hydrogens (tertiary/aromatic N) is 6. The van der Waals surface area contributed by atoms with Crippen molar-refractivity contribution >= 4 is 0 Å². The van der Waals surface area contributed by atoms with Crippen molar-refractivity contribution in [3.63, 3.8) is 0 Å². The molecule has 4 aromatic rings. The number of H-pyrrole nitrogens is 1. The van der Waals surface area contributed by atoms with Gasteiger partial charge in [-0.15, -0.1) is 5.10 Å². The van der Waals surface area contributed by atoms with E-state index in [1.54, 1.807) is 0 Å². The highest BCUT2D eigenvalue weighted by atomic mass is 16.1. The molecule has 1 N–H and O–H groups in total. The van der Waals surface area contributed by atoms with Gasteiger partial charge in [-0.3, -0.25) is 14.1 Å². The summed E-state index contributed by atoms with van der Waals surface area (Å²) in [4.78, 5) is 18.5. The number of hydrogen-bond donors (Lipinski definition) is 1. The molecule has 0 amide bonds.